The fourth-order valence-electron chi connectivity index (χ4n) is 5.31. The number of ketones is 1. The number of aliphatic hydroxyl groups excluding tert-OH is 2. The molecular formula is C28H42N7O18P3S. The number of phosphoric ester groups is 3. The van der Waals surface area contributed by atoms with Gasteiger partial charge in [-0.05, 0) is 12.8 Å². The standard InChI is InChI=1S/C28H42N7O18P3S/c1-28(2,22(39)25(40)31-8-7-18(37)30-9-10-57-27(41)15-5-3-4-6-16(15)36)12-50-56(47,48)53-55(45,46)49-11-17-21(52-54(42,43)44)20(38)26(51-17)35-14-34-19-23(29)32-13-33-24(19)35/h5,13-14,17,20-22,26,38-39H,3-4,6-12H2,1-2H3,(H,30,37)(H,31,40)(H,45,46)(H,47,48)(H2,29,32,33)(H2,42,43,44)/t17-,20-,21-,22+,26-/m1/s1. The lowest BCUT2D eigenvalue weighted by molar-refractivity contribution is -0.137. The molecule has 4 rings (SSSR count). The average Bonchev–Trinajstić information content (AvgIpc) is 3.68. The molecular weight excluding hydrogens is 847 g/mol. The summed E-state index contributed by atoms with van der Waals surface area (Å²) in [5.41, 5.74) is 4.38. The molecule has 1 saturated heterocycles. The van der Waals surface area contributed by atoms with Crippen LogP contribution in [0.15, 0.2) is 24.3 Å². The van der Waals surface area contributed by atoms with Crippen LogP contribution in [0, 0.1) is 5.41 Å². The van der Waals surface area contributed by atoms with Gasteiger partial charge in [0.05, 0.1) is 25.1 Å². The number of Topliss-reactive ketones (excluding diaryl/α,β-unsaturated/α-hetero) is 1. The van der Waals surface area contributed by atoms with Crippen LogP contribution in [0.5, 0.6) is 0 Å². The molecule has 2 aromatic rings. The monoisotopic (exact) mass is 889 g/mol. The van der Waals surface area contributed by atoms with Crippen LogP contribution in [0.2, 0.25) is 0 Å². The zero-order valence-electron chi connectivity index (χ0n) is 30.2. The minimum absolute atomic E-state index is 0.0244. The summed E-state index contributed by atoms with van der Waals surface area (Å²) in [6, 6.07) is 0. The number of phosphoric acid groups is 3. The fraction of sp³-hybridized carbons (Fsp3) is 0.607. The van der Waals surface area contributed by atoms with Crippen LogP contribution in [0.3, 0.4) is 0 Å². The fourth-order valence-corrected chi connectivity index (χ4v) is 8.88. The SMILES string of the molecule is CC(C)(COP(=O)(O)OP(=O)(O)OC[C@H]1O[C@@H](n2cnc3c(N)ncnc32)[C@H](O)[C@@H]1OP(=O)(O)O)[C@@H](O)C(=O)NCCC(=O)NCCSC(=O)C1=CCCCC1=O. The number of fused-ring (bicyclic) bond motifs is 1. The van der Waals surface area contributed by atoms with Crippen molar-refractivity contribution in [2.24, 2.45) is 5.41 Å². The number of allylic oxidation sites excluding steroid dienone is 1. The van der Waals surface area contributed by atoms with E-state index in [-0.39, 0.29) is 58.7 Å². The molecule has 2 aliphatic rings. The summed E-state index contributed by atoms with van der Waals surface area (Å²) in [6.45, 7) is 0.296. The first-order chi connectivity index (χ1) is 26.5. The summed E-state index contributed by atoms with van der Waals surface area (Å²) in [4.78, 5) is 99.7. The van der Waals surface area contributed by atoms with Gasteiger partial charge in [-0.15, -0.1) is 0 Å². The molecule has 10 N–H and O–H groups in total. The number of nitrogens with zero attached hydrogens (tertiary/aromatic N) is 4. The zero-order valence-corrected chi connectivity index (χ0v) is 33.7. The largest absolute Gasteiger partial charge is 0.481 e. The number of nitrogens with two attached hydrogens (primary N) is 1. The van der Waals surface area contributed by atoms with Crippen molar-refractivity contribution in [2.45, 2.75) is 70.2 Å². The molecule has 1 aliphatic heterocycles. The van der Waals surface area contributed by atoms with Gasteiger partial charge in [0.1, 0.15) is 36.3 Å². The molecule has 1 aliphatic carbocycles. The summed E-state index contributed by atoms with van der Waals surface area (Å²) in [5, 5.41) is 25.9. The summed E-state index contributed by atoms with van der Waals surface area (Å²) in [6.07, 6.45) is -3.76. The molecule has 57 heavy (non-hydrogen) atoms. The lowest BCUT2D eigenvalue weighted by Gasteiger charge is -2.30. The Balaban J connectivity index is 1.23. The van der Waals surface area contributed by atoms with Gasteiger partial charge < -0.3 is 50.9 Å². The van der Waals surface area contributed by atoms with E-state index in [1.165, 1.54) is 13.8 Å². The first-order valence-electron chi connectivity index (χ1n) is 16.8. The second-order valence-electron chi connectivity index (χ2n) is 13.1. The van der Waals surface area contributed by atoms with E-state index in [2.05, 4.69) is 34.4 Å². The van der Waals surface area contributed by atoms with Crippen LogP contribution in [0.25, 0.3) is 11.2 Å². The van der Waals surface area contributed by atoms with Crippen LogP contribution in [0.4, 0.5) is 5.82 Å². The number of aromatic nitrogens is 4. The Morgan fingerprint density at radius 2 is 1.79 bits per heavy atom. The van der Waals surface area contributed by atoms with E-state index in [0.29, 0.717) is 19.3 Å². The van der Waals surface area contributed by atoms with Gasteiger partial charge in [0.25, 0.3) is 0 Å². The Morgan fingerprint density at radius 3 is 2.47 bits per heavy atom. The number of hydrogen-bond acceptors (Lipinski definition) is 19. The van der Waals surface area contributed by atoms with Gasteiger partial charge in [-0.25, -0.2) is 28.6 Å². The average molecular weight is 890 g/mol. The van der Waals surface area contributed by atoms with E-state index in [1.807, 2.05) is 0 Å². The molecule has 0 bridgehead atoms. The van der Waals surface area contributed by atoms with Crippen LogP contribution in [-0.2, 0) is 55.5 Å². The van der Waals surface area contributed by atoms with E-state index < -0.39 is 84.6 Å². The number of rotatable bonds is 20. The number of carbonyl (C=O) groups excluding carboxylic acids is 4. The second-order valence-corrected chi connectivity index (χ2v) is 18.4. The molecule has 2 aromatic heterocycles. The number of aliphatic hydroxyl groups is 2. The molecule has 0 spiro atoms. The Bertz CT molecular complexity index is 2000. The second kappa shape index (κ2) is 19.4. The molecule has 2 amide bonds. The van der Waals surface area contributed by atoms with Gasteiger partial charge in [-0.1, -0.05) is 31.7 Å². The summed E-state index contributed by atoms with van der Waals surface area (Å²) >= 11 is 0.891. The number of imidazole rings is 1. The number of nitrogen functional groups attached to an aromatic ring is 1. The highest BCUT2D eigenvalue weighted by Crippen LogP contribution is 2.61. The van der Waals surface area contributed by atoms with Crippen LogP contribution in [0.1, 0.15) is 45.8 Å². The smallest absolute Gasteiger partial charge is 0.386 e. The topological polar surface area (TPSA) is 381 Å². The Morgan fingerprint density at radius 1 is 1.09 bits per heavy atom. The Kier molecular flexibility index (Phi) is 15.8. The van der Waals surface area contributed by atoms with Gasteiger partial charge in [-0.3, -0.25) is 37.3 Å². The van der Waals surface area contributed by atoms with Gasteiger partial charge in [0.15, 0.2) is 23.5 Å². The summed E-state index contributed by atoms with van der Waals surface area (Å²) in [5.74, 6) is -1.54. The zero-order chi connectivity index (χ0) is 42.3. The van der Waals surface area contributed by atoms with Crippen molar-refractivity contribution in [1.29, 1.82) is 0 Å². The minimum atomic E-state index is -5.58. The molecule has 29 heteroatoms. The van der Waals surface area contributed by atoms with E-state index in [1.54, 1.807) is 6.08 Å². The quantitative estimate of drug-likeness (QED) is 0.0453. The van der Waals surface area contributed by atoms with Crippen LogP contribution >= 0.6 is 35.2 Å². The third-order valence-corrected chi connectivity index (χ3v) is 12.2. The molecule has 0 saturated carbocycles. The highest BCUT2D eigenvalue weighted by atomic mass is 32.2. The summed E-state index contributed by atoms with van der Waals surface area (Å²) in [7, 11) is -16.4. The number of carbonyl (C=O) groups is 4. The predicted octanol–water partition coefficient (Wildman–Crippen LogP) is -0.656. The Labute approximate surface area is 327 Å². The maximum absolute atomic E-state index is 12.7. The molecule has 1 fully saturated rings. The lowest BCUT2D eigenvalue weighted by Crippen LogP contribution is -2.46. The lowest BCUT2D eigenvalue weighted by atomic mass is 9.87. The molecule has 25 nitrogen and oxygen atoms in total. The molecule has 3 heterocycles. The summed E-state index contributed by atoms with van der Waals surface area (Å²) < 4.78 is 62.1. The van der Waals surface area contributed by atoms with E-state index in [4.69, 9.17) is 19.5 Å². The molecule has 0 radical (unpaired) electrons. The predicted molar refractivity (Wildman–Crippen MR) is 194 cm³/mol. The van der Waals surface area contributed by atoms with E-state index >= 15 is 0 Å². The maximum Gasteiger partial charge on any atom is 0.481 e. The number of amides is 2. The number of hydrogen-bond donors (Lipinski definition) is 9. The van der Waals surface area contributed by atoms with Crippen molar-refractivity contribution in [3.8, 4) is 0 Å². The third-order valence-electron chi connectivity index (χ3n) is 8.21. The van der Waals surface area contributed by atoms with Crippen molar-refractivity contribution in [3.05, 3.63) is 24.3 Å². The molecule has 7 atom stereocenters. The van der Waals surface area contributed by atoms with Gasteiger partial charge in [0, 0.05) is 37.1 Å². The molecule has 0 aromatic carbocycles. The number of thioether (sulfide) groups is 1. The minimum Gasteiger partial charge on any atom is -0.386 e. The van der Waals surface area contributed by atoms with E-state index in [9.17, 15) is 62.7 Å². The van der Waals surface area contributed by atoms with Gasteiger partial charge >= 0.3 is 23.5 Å². The van der Waals surface area contributed by atoms with E-state index in [0.717, 1.165) is 29.0 Å². The highest BCUT2D eigenvalue weighted by molar-refractivity contribution is 8.14. The number of nitrogens with one attached hydrogen (secondary N) is 2. The van der Waals surface area contributed by atoms with Crippen molar-refractivity contribution in [2.75, 3.05) is 37.8 Å². The molecule has 318 valence electrons. The van der Waals surface area contributed by atoms with Crippen molar-refractivity contribution in [3.63, 3.8) is 0 Å². The van der Waals surface area contributed by atoms with Crippen molar-refractivity contribution < 1.29 is 85.3 Å². The van der Waals surface area contributed by atoms with Crippen LogP contribution in [-0.4, -0.2) is 128 Å². The first kappa shape index (κ1) is 46.7. The van der Waals surface area contributed by atoms with Crippen LogP contribution < -0.4 is 16.4 Å². The third kappa shape index (κ3) is 13.2. The number of ether oxygens (including phenoxy) is 1. The molecule has 2 unspecified atom stereocenters. The van der Waals surface area contributed by atoms with Gasteiger partial charge in [0.2, 0.25) is 16.9 Å². The maximum atomic E-state index is 12.7. The number of anilines is 1. The van der Waals surface area contributed by atoms with Gasteiger partial charge in [-0.2, -0.15) is 4.31 Å². The normalized spacial score (nSPS) is 23.0. The van der Waals surface area contributed by atoms with Crippen molar-refractivity contribution in [1.82, 2.24) is 30.2 Å². The first-order valence-corrected chi connectivity index (χ1v) is 22.3. The van der Waals surface area contributed by atoms with Crippen molar-refractivity contribution >= 4 is 74.9 Å². The Hall–Kier alpha value is -3.03. The highest BCUT2D eigenvalue weighted by Gasteiger charge is 2.50.